The summed E-state index contributed by atoms with van der Waals surface area (Å²) < 4.78 is 1.04. The first kappa shape index (κ1) is 12.3. The topological polar surface area (TPSA) is 37.8 Å². The molecule has 0 aliphatic rings. The molecule has 0 aliphatic carbocycles. The van der Waals surface area contributed by atoms with E-state index in [9.17, 15) is 0 Å². The third-order valence-corrected chi connectivity index (χ3v) is 3.09. The van der Waals surface area contributed by atoms with Crippen molar-refractivity contribution in [3.05, 3.63) is 28.5 Å². The summed E-state index contributed by atoms with van der Waals surface area (Å²) >= 11 is 3.46. The van der Waals surface area contributed by atoms with Gasteiger partial charge in [-0.15, -0.1) is 0 Å². The van der Waals surface area contributed by atoms with Gasteiger partial charge in [-0.2, -0.15) is 0 Å². The summed E-state index contributed by atoms with van der Waals surface area (Å²) in [6.07, 6.45) is 2.33. The Bertz CT molecular complexity index is 520. The van der Waals surface area contributed by atoms with Gasteiger partial charge in [0.25, 0.3) is 0 Å². The van der Waals surface area contributed by atoms with Gasteiger partial charge in [0.1, 0.15) is 11.6 Å². The van der Waals surface area contributed by atoms with Gasteiger partial charge >= 0.3 is 0 Å². The number of aromatic nitrogens is 2. The maximum atomic E-state index is 4.47. The second kappa shape index (κ2) is 5.45. The SMILES string of the molecule is CCCCNc1nc(C)nc2cc(Br)ccc12. The smallest absolute Gasteiger partial charge is 0.137 e. The van der Waals surface area contributed by atoms with Crippen LogP contribution in [0.5, 0.6) is 0 Å². The van der Waals surface area contributed by atoms with E-state index < -0.39 is 0 Å². The molecule has 0 atom stereocenters. The molecular formula is C13H16BrN3. The molecule has 2 rings (SSSR count). The lowest BCUT2D eigenvalue weighted by Gasteiger charge is -2.09. The average Bonchev–Trinajstić information content (AvgIpc) is 2.28. The van der Waals surface area contributed by atoms with Crippen molar-refractivity contribution in [3.8, 4) is 0 Å². The number of hydrogen-bond acceptors (Lipinski definition) is 3. The minimum absolute atomic E-state index is 0.801. The zero-order valence-corrected chi connectivity index (χ0v) is 11.7. The summed E-state index contributed by atoms with van der Waals surface area (Å²) in [7, 11) is 0. The maximum Gasteiger partial charge on any atom is 0.137 e. The zero-order chi connectivity index (χ0) is 12.3. The summed E-state index contributed by atoms with van der Waals surface area (Å²) in [5.74, 6) is 1.74. The second-order valence-corrected chi connectivity index (χ2v) is 4.98. The second-order valence-electron chi connectivity index (χ2n) is 4.06. The van der Waals surface area contributed by atoms with Crippen molar-refractivity contribution in [2.24, 2.45) is 0 Å². The fourth-order valence-electron chi connectivity index (χ4n) is 1.74. The van der Waals surface area contributed by atoms with E-state index in [1.807, 2.05) is 25.1 Å². The molecule has 0 bridgehead atoms. The molecule has 1 heterocycles. The van der Waals surface area contributed by atoms with E-state index in [0.29, 0.717) is 0 Å². The van der Waals surface area contributed by atoms with E-state index in [2.05, 4.69) is 38.1 Å². The quantitative estimate of drug-likeness (QED) is 0.869. The van der Waals surface area contributed by atoms with Crippen LogP contribution in [0.2, 0.25) is 0 Å². The first-order chi connectivity index (χ1) is 8.20. The Morgan fingerprint density at radius 2 is 2.12 bits per heavy atom. The highest BCUT2D eigenvalue weighted by atomic mass is 79.9. The Morgan fingerprint density at radius 1 is 1.29 bits per heavy atom. The lowest BCUT2D eigenvalue weighted by molar-refractivity contribution is 0.830. The lowest BCUT2D eigenvalue weighted by atomic mass is 10.2. The molecule has 0 radical (unpaired) electrons. The van der Waals surface area contributed by atoms with E-state index in [-0.39, 0.29) is 0 Å². The molecule has 0 saturated carbocycles. The summed E-state index contributed by atoms with van der Waals surface area (Å²) in [5.41, 5.74) is 0.978. The third-order valence-electron chi connectivity index (χ3n) is 2.59. The molecule has 0 unspecified atom stereocenters. The summed E-state index contributed by atoms with van der Waals surface area (Å²) in [6.45, 7) is 5.06. The zero-order valence-electron chi connectivity index (χ0n) is 10.1. The van der Waals surface area contributed by atoms with Crippen molar-refractivity contribution in [2.45, 2.75) is 26.7 Å². The van der Waals surface area contributed by atoms with Crippen LogP contribution in [-0.2, 0) is 0 Å². The van der Waals surface area contributed by atoms with Gasteiger partial charge in [0.15, 0.2) is 0 Å². The molecule has 0 saturated heterocycles. The molecule has 1 aromatic heterocycles. The third kappa shape index (κ3) is 2.94. The minimum atomic E-state index is 0.801. The van der Waals surface area contributed by atoms with Crippen LogP contribution in [0.1, 0.15) is 25.6 Å². The molecule has 1 aromatic carbocycles. The van der Waals surface area contributed by atoms with Crippen molar-refractivity contribution >= 4 is 32.7 Å². The van der Waals surface area contributed by atoms with Crippen LogP contribution in [0.4, 0.5) is 5.82 Å². The Labute approximate surface area is 110 Å². The number of fused-ring (bicyclic) bond motifs is 1. The highest BCUT2D eigenvalue weighted by Gasteiger charge is 2.05. The standard InChI is InChI=1S/C13H16BrN3/c1-3-4-7-15-13-11-6-5-10(14)8-12(11)16-9(2)17-13/h5-6,8H,3-4,7H2,1-2H3,(H,15,16,17). The fraction of sp³-hybridized carbons (Fsp3) is 0.385. The van der Waals surface area contributed by atoms with E-state index in [1.54, 1.807) is 0 Å². The van der Waals surface area contributed by atoms with Gasteiger partial charge in [0, 0.05) is 16.4 Å². The molecule has 3 nitrogen and oxygen atoms in total. The highest BCUT2D eigenvalue weighted by molar-refractivity contribution is 9.10. The van der Waals surface area contributed by atoms with Crippen LogP contribution < -0.4 is 5.32 Å². The number of anilines is 1. The Kier molecular flexibility index (Phi) is 3.94. The number of rotatable bonds is 4. The number of halogens is 1. The molecule has 0 spiro atoms. The van der Waals surface area contributed by atoms with Crippen LogP contribution in [-0.4, -0.2) is 16.5 Å². The Balaban J connectivity index is 2.39. The van der Waals surface area contributed by atoms with Gasteiger partial charge < -0.3 is 5.32 Å². The van der Waals surface area contributed by atoms with Crippen LogP contribution in [0.25, 0.3) is 10.9 Å². The predicted molar refractivity (Wildman–Crippen MR) is 75.4 cm³/mol. The van der Waals surface area contributed by atoms with Gasteiger partial charge in [0.2, 0.25) is 0 Å². The Hall–Kier alpha value is -1.16. The first-order valence-corrected chi connectivity index (χ1v) is 6.68. The average molecular weight is 294 g/mol. The molecule has 1 N–H and O–H groups in total. The maximum absolute atomic E-state index is 4.47. The lowest BCUT2D eigenvalue weighted by Crippen LogP contribution is -2.05. The van der Waals surface area contributed by atoms with Crippen molar-refractivity contribution in [2.75, 3.05) is 11.9 Å². The van der Waals surface area contributed by atoms with E-state index in [1.165, 1.54) is 6.42 Å². The largest absolute Gasteiger partial charge is 0.369 e. The Morgan fingerprint density at radius 3 is 2.88 bits per heavy atom. The van der Waals surface area contributed by atoms with Gasteiger partial charge in [-0.1, -0.05) is 29.3 Å². The molecule has 4 heteroatoms. The van der Waals surface area contributed by atoms with E-state index >= 15 is 0 Å². The van der Waals surface area contributed by atoms with Crippen LogP contribution in [0.15, 0.2) is 22.7 Å². The van der Waals surface area contributed by atoms with Gasteiger partial charge in [0.05, 0.1) is 5.52 Å². The number of nitrogens with one attached hydrogen (secondary N) is 1. The molecule has 0 aliphatic heterocycles. The van der Waals surface area contributed by atoms with Crippen LogP contribution >= 0.6 is 15.9 Å². The number of unbranched alkanes of at least 4 members (excludes halogenated alkanes) is 1. The molecule has 0 amide bonds. The molecular weight excluding hydrogens is 278 g/mol. The minimum Gasteiger partial charge on any atom is -0.369 e. The number of hydrogen-bond donors (Lipinski definition) is 1. The number of benzene rings is 1. The van der Waals surface area contributed by atoms with Crippen molar-refractivity contribution in [1.82, 2.24) is 9.97 Å². The molecule has 0 fully saturated rings. The van der Waals surface area contributed by atoms with E-state index in [0.717, 1.165) is 40.0 Å². The van der Waals surface area contributed by atoms with Crippen molar-refractivity contribution in [3.63, 3.8) is 0 Å². The van der Waals surface area contributed by atoms with Crippen LogP contribution in [0, 0.1) is 6.92 Å². The monoisotopic (exact) mass is 293 g/mol. The van der Waals surface area contributed by atoms with E-state index in [4.69, 9.17) is 0 Å². The number of nitrogens with zero attached hydrogens (tertiary/aromatic N) is 2. The fourth-order valence-corrected chi connectivity index (χ4v) is 2.09. The van der Waals surface area contributed by atoms with Crippen molar-refractivity contribution in [1.29, 1.82) is 0 Å². The molecule has 17 heavy (non-hydrogen) atoms. The summed E-state index contributed by atoms with van der Waals surface area (Å²) in [6, 6.07) is 6.09. The van der Waals surface area contributed by atoms with Gasteiger partial charge in [-0.05, 0) is 31.5 Å². The normalized spacial score (nSPS) is 10.8. The van der Waals surface area contributed by atoms with Gasteiger partial charge in [-0.25, -0.2) is 9.97 Å². The molecule has 90 valence electrons. The highest BCUT2D eigenvalue weighted by Crippen LogP contribution is 2.23. The number of aryl methyl sites for hydroxylation is 1. The van der Waals surface area contributed by atoms with Gasteiger partial charge in [-0.3, -0.25) is 0 Å². The predicted octanol–water partition coefficient (Wildman–Crippen LogP) is 3.91. The summed E-state index contributed by atoms with van der Waals surface area (Å²) in [5, 5.41) is 4.46. The summed E-state index contributed by atoms with van der Waals surface area (Å²) in [4.78, 5) is 8.91. The van der Waals surface area contributed by atoms with Crippen LogP contribution in [0.3, 0.4) is 0 Å². The molecule has 2 aromatic rings. The van der Waals surface area contributed by atoms with Crippen molar-refractivity contribution < 1.29 is 0 Å². The first-order valence-electron chi connectivity index (χ1n) is 5.88.